The van der Waals surface area contributed by atoms with Gasteiger partial charge in [0, 0.05) is 18.2 Å². The van der Waals surface area contributed by atoms with Gasteiger partial charge in [-0.1, -0.05) is 6.07 Å². The van der Waals surface area contributed by atoms with Gasteiger partial charge in [-0.2, -0.15) is 4.39 Å². The van der Waals surface area contributed by atoms with E-state index in [0.717, 1.165) is 6.07 Å². The predicted molar refractivity (Wildman–Crippen MR) is 57.9 cm³/mol. The van der Waals surface area contributed by atoms with Gasteiger partial charge in [0.15, 0.2) is 0 Å². The van der Waals surface area contributed by atoms with E-state index in [0.29, 0.717) is 11.3 Å². The molecule has 0 radical (unpaired) electrons. The van der Waals surface area contributed by atoms with Gasteiger partial charge < -0.3 is 5.32 Å². The van der Waals surface area contributed by atoms with Crippen molar-refractivity contribution in [1.82, 2.24) is 4.98 Å². The number of nitrogens with one attached hydrogen (secondary N) is 1. The Morgan fingerprint density at radius 2 is 1.88 bits per heavy atom. The van der Waals surface area contributed by atoms with Crippen molar-refractivity contribution in [3.63, 3.8) is 0 Å². The highest BCUT2D eigenvalue weighted by Gasteiger charge is 2.03. The van der Waals surface area contributed by atoms with E-state index >= 15 is 0 Å². The van der Waals surface area contributed by atoms with E-state index in [1.807, 2.05) is 0 Å². The Morgan fingerprint density at radius 3 is 2.53 bits per heavy atom. The van der Waals surface area contributed by atoms with Gasteiger partial charge in [-0.3, -0.25) is 0 Å². The summed E-state index contributed by atoms with van der Waals surface area (Å²) >= 11 is 0. The first-order chi connectivity index (χ1) is 8.15. The van der Waals surface area contributed by atoms with Crippen LogP contribution in [0.2, 0.25) is 0 Å². The number of rotatable bonds is 3. The minimum absolute atomic E-state index is 0.180. The molecule has 2 aromatic rings. The number of nitrogens with zero attached hydrogens (tertiary/aromatic N) is 1. The molecule has 0 bridgehead atoms. The third kappa shape index (κ3) is 2.96. The molecule has 0 aliphatic rings. The molecule has 0 aliphatic heterocycles. The molecule has 0 atom stereocenters. The summed E-state index contributed by atoms with van der Waals surface area (Å²) in [5, 5.41) is 2.86. The van der Waals surface area contributed by atoms with Crippen LogP contribution < -0.4 is 5.32 Å². The normalized spacial score (nSPS) is 10.3. The molecule has 0 saturated heterocycles. The smallest absolute Gasteiger partial charge is 0.212 e. The van der Waals surface area contributed by atoms with Crippen molar-refractivity contribution in [3.8, 4) is 0 Å². The van der Waals surface area contributed by atoms with E-state index in [1.54, 1.807) is 0 Å². The monoisotopic (exact) mass is 238 g/mol. The van der Waals surface area contributed by atoms with Crippen molar-refractivity contribution in [3.05, 3.63) is 59.7 Å². The standard InChI is InChI=1S/C12H9F3N2/c13-9-2-1-8(11(14)5-9)6-16-10-3-4-12(15)17-7-10/h1-5,7,16H,6H2. The second-order valence-electron chi connectivity index (χ2n) is 3.46. The van der Waals surface area contributed by atoms with Gasteiger partial charge in [0.25, 0.3) is 0 Å². The zero-order chi connectivity index (χ0) is 12.3. The van der Waals surface area contributed by atoms with E-state index in [2.05, 4.69) is 10.3 Å². The van der Waals surface area contributed by atoms with E-state index in [1.165, 1.54) is 30.5 Å². The lowest BCUT2D eigenvalue weighted by atomic mass is 10.2. The van der Waals surface area contributed by atoms with Crippen LogP contribution in [-0.4, -0.2) is 4.98 Å². The lowest BCUT2D eigenvalue weighted by molar-refractivity contribution is 0.573. The largest absolute Gasteiger partial charge is 0.380 e. The molecule has 2 rings (SSSR count). The molecule has 0 fully saturated rings. The molecule has 1 N–H and O–H groups in total. The summed E-state index contributed by atoms with van der Waals surface area (Å²) in [6, 6.07) is 6.05. The van der Waals surface area contributed by atoms with E-state index in [4.69, 9.17) is 0 Å². The average Bonchev–Trinajstić information content (AvgIpc) is 2.30. The highest BCUT2D eigenvalue weighted by Crippen LogP contribution is 2.12. The zero-order valence-corrected chi connectivity index (χ0v) is 8.75. The maximum absolute atomic E-state index is 13.3. The fourth-order valence-electron chi connectivity index (χ4n) is 1.34. The van der Waals surface area contributed by atoms with E-state index < -0.39 is 17.6 Å². The third-order valence-corrected chi connectivity index (χ3v) is 2.23. The maximum atomic E-state index is 13.3. The third-order valence-electron chi connectivity index (χ3n) is 2.23. The lowest BCUT2D eigenvalue weighted by Gasteiger charge is -2.06. The molecule has 88 valence electrons. The highest BCUT2D eigenvalue weighted by molar-refractivity contribution is 5.40. The first-order valence-electron chi connectivity index (χ1n) is 4.94. The van der Waals surface area contributed by atoms with Crippen LogP contribution >= 0.6 is 0 Å². The molecule has 0 amide bonds. The summed E-state index contributed by atoms with van der Waals surface area (Å²) in [4.78, 5) is 3.45. The van der Waals surface area contributed by atoms with Crippen molar-refractivity contribution < 1.29 is 13.2 Å². The number of halogens is 3. The summed E-state index contributed by atoms with van der Waals surface area (Å²) in [6.45, 7) is 0.180. The molecule has 0 unspecified atom stereocenters. The Kier molecular flexibility index (Phi) is 3.27. The highest BCUT2D eigenvalue weighted by atomic mass is 19.1. The van der Waals surface area contributed by atoms with Gasteiger partial charge in [-0.15, -0.1) is 0 Å². The number of anilines is 1. The summed E-state index contributed by atoms with van der Waals surface area (Å²) in [7, 11) is 0. The van der Waals surface area contributed by atoms with Crippen LogP contribution in [0.5, 0.6) is 0 Å². The molecule has 1 heterocycles. The lowest BCUT2D eigenvalue weighted by Crippen LogP contribution is -2.02. The minimum atomic E-state index is -0.618. The fraction of sp³-hybridized carbons (Fsp3) is 0.0833. The number of aromatic nitrogens is 1. The Bertz CT molecular complexity index is 512. The Labute approximate surface area is 96.1 Å². The van der Waals surface area contributed by atoms with Gasteiger partial charge in [0.2, 0.25) is 5.95 Å². The molecule has 0 saturated carbocycles. The van der Waals surface area contributed by atoms with Crippen LogP contribution in [0.4, 0.5) is 18.9 Å². The maximum Gasteiger partial charge on any atom is 0.212 e. The van der Waals surface area contributed by atoms with E-state index in [-0.39, 0.29) is 6.54 Å². The molecule has 1 aromatic carbocycles. The number of pyridine rings is 1. The van der Waals surface area contributed by atoms with Crippen LogP contribution in [0.3, 0.4) is 0 Å². The molecular weight excluding hydrogens is 229 g/mol. The van der Waals surface area contributed by atoms with Crippen LogP contribution in [0, 0.1) is 17.6 Å². The number of hydrogen-bond donors (Lipinski definition) is 1. The van der Waals surface area contributed by atoms with Gasteiger partial charge in [-0.25, -0.2) is 13.8 Å². The van der Waals surface area contributed by atoms with Crippen LogP contribution in [0.1, 0.15) is 5.56 Å². The van der Waals surface area contributed by atoms with Crippen molar-refractivity contribution >= 4 is 5.69 Å². The summed E-state index contributed by atoms with van der Waals surface area (Å²) in [6.07, 6.45) is 1.30. The summed E-state index contributed by atoms with van der Waals surface area (Å²) in [5.74, 6) is -1.81. The molecule has 1 aromatic heterocycles. The molecule has 0 aliphatic carbocycles. The summed E-state index contributed by atoms with van der Waals surface area (Å²) in [5.41, 5.74) is 0.894. The van der Waals surface area contributed by atoms with Gasteiger partial charge in [-0.05, 0) is 18.2 Å². The van der Waals surface area contributed by atoms with Crippen molar-refractivity contribution in [2.24, 2.45) is 0 Å². The minimum Gasteiger partial charge on any atom is -0.380 e. The summed E-state index contributed by atoms with van der Waals surface area (Å²) < 4.78 is 38.4. The molecule has 17 heavy (non-hydrogen) atoms. The van der Waals surface area contributed by atoms with Gasteiger partial charge in [0.1, 0.15) is 11.6 Å². The SMILES string of the molecule is Fc1ccc(CNc2ccc(F)nc2)c(F)c1. The zero-order valence-electron chi connectivity index (χ0n) is 8.75. The van der Waals surface area contributed by atoms with Crippen LogP contribution in [-0.2, 0) is 6.54 Å². The first kappa shape index (κ1) is 11.4. The van der Waals surface area contributed by atoms with Gasteiger partial charge in [0.05, 0.1) is 11.9 Å². The Balaban J connectivity index is 2.04. The quantitative estimate of drug-likeness (QED) is 0.831. The molecule has 2 nitrogen and oxygen atoms in total. The van der Waals surface area contributed by atoms with Crippen LogP contribution in [0.25, 0.3) is 0 Å². The van der Waals surface area contributed by atoms with E-state index in [9.17, 15) is 13.2 Å². The average molecular weight is 238 g/mol. The van der Waals surface area contributed by atoms with Crippen molar-refractivity contribution in [2.45, 2.75) is 6.54 Å². The number of benzene rings is 1. The molecule has 5 heteroatoms. The Morgan fingerprint density at radius 1 is 1.06 bits per heavy atom. The predicted octanol–water partition coefficient (Wildman–Crippen LogP) is 3.11. The molecular formula is C12H9F3N2. The second-order valence-corrected chi connectivity index (χ2v) is 3.46. The van der Waals surface area contributed by atoms with Gasteiger partial charge >= 0.3 is 0 Å². The topological polar surface area (TPSA) is 24.9 Å². The van der Waals surface area contributed by atoms with Crippen molar-refractivity contribution in [1.29, 1.82) is 0 Å². The second kappa shape index (κ2) is 4.86. The van der Waals surface area contributed by atoms with Crippen molar-refractivity contribution in [2.75, 3.05) is 5.32 Å². The fourth-order valence-corrected chi connectivity index (χ4v) is 1.34. The number of hydrogen-bond acceptors (Lipinski definition) is 2. The Hall–Kier alpha value is -2.04. The molecule has 0 spiro atoms. The van der Waals surface area contributed by atoms with Crippen LogP contribution in [0.15, 0.2) is 36.5 Å². The first-order valence-corrected chi connectivity index (χ1v) is 4.94.